The van der Waals surface area contributed by atoms with Crippen molar-refractivity contribution in [3.8, 4) is 6.01 Å². The molecule has 0 unspecified atom stereocenters. The summed E-state index contributed by atoms with van der Waals surface area (Å²) >= 11 is 0. The van der Waals surface area contributed by atoms with Crippen molar-refractivity contribution in [1.29, 1.82) is 0 Å². The number of hydrogen-bond acceptors (Lipinski definition) is 3. The van der Waals surface area contributed by atoms with Crippen molar-refractivity contribution in [2.75, 3.05) is 7.11 Å². The Morgan fingerprint density at radius 3 is 2.31 bits per heavy atom. The van der Waals surface area contributed by atoms with Gasteiger partial charge in [0.25, 0.3) is 0 Å². The molecule has 0 aromatic carbocycles. The summed E-state index contributed by atoms with van der Waals surface area (Å²) in [5.74, 6) is 0.622. The van der Waals surface area contributed by atoms with Crippen LogP contribution < -0.4 is 4.74 Å². The molecule has 0 bridgehead atoms. The number of nitrogens with zero attached hydrogens (tertiary/aromatic N) is 3. The van der Waals surface area contributed by atoms with Gasteiger partial charge in [-0.3, -0.25) is 0 Å². The lowest BCUT2D eigenvalue weighted by Crippen LogP contribution is -1.90. The van der Waals surface area contributed by atoms with Gasteiger partial charge in [-0.15, -0.1) is 5.10 Å². The monoisotopic (exact) mass is 181 g/mol. The molecule has 0 spiro atoms. The van der Waals surface area contributed by atoms with Gasteiger partial charge < -0.3 is 4.74 Å². The lowest BCUT2D eigenvalue weighted by Gasteiger charge is -1.88. The number of aromatic nitrogens is 3. The zero-order valence-electron chi connectivity index (χ0n) is 8.32. The van der Waals surface area contributed by atoms with Crippen molar-refractivity contribution in [3.05, 3.63) is 19.0 Å². The first-order valence-electron chi connectivity index (χ1n) is 4.07. The van der Waals surface area contributed by atoms with E-state index in [1.807, 2.05) is 13.8 Å². The maximum absolute atomic E-state index is 4.80. The van der Waals surface area contributed by atoms with Crippen LogP contribution in [0.25, 0.3) is 12.3 Å². The van der Waals surface area contributed by atoms with Crippen molar-refractivity contribution < 1.29 is 4.74 Å². The minimum absolute atomic E-state index is 0.319. The molecule has 0 radical (unpaired) electrons. The van der Waals surface area contributed by atoms with Crippen molar-refractivity contribution in [3.63, 3.8) is 0 Å². The lowest BCUT2D eigenvalue weighted by atomic mass is 10.6. The molecule has 0 amide bonds. The topological polar surface area (TPSA) is 39.9 Å². The Kier molecular flexibility index (Phi) is 5.27. The zero-order chi connectivity index (χ0) is 10.3. The summed E-state index contributed by atoms with van der Waals surface area (Å²) in [6.07, 6.45) is 3.11. The lowest BCUT2D eigenvalue weighted by molar-refractivity contribution is 0.380. The van der Waals surface area contributed by atoms with Crippen LogP contribution in [0.15, 0.2) is 13.2 Å². The van der Waals surface area contributed by atoms with E-state index in [1.54, 1.807) is 6.08 Å². The minimum atomic E-state index is 0.319. The van der Waals surface area contributed by atoms with Crippen LogP contribution in [0.5, 0.6) is 6.01 Å². The average molecular weight is 181 g/mol. The summed E-state index contributed by atoms with van der Waals surface area (Å²) in [5.41, 5.74) is 0. The van der Waals surface area contributed by atoms with Crippen LogP contribution in [0, 0.1) is 0 Å². The van der Waals surface area contributed by atoms with E-state index in [0.717, 1.165) is 0 Å². The van der Waals surface area contributed by atoms with Crippen molar-refractivity contribution >= 4 is 12.3 Å². The third-order valence-corrected chi connectivity index (χ3v) is 1.18. The summed E-state index contributed by atoms with van der Waals surface area (Å²) in [6, 6.07) is 0.319. The molecule has 1 aromatic rings. The van der Waals surface area contributed by atoms with E-state index in [9.17, 15) is 0 Å². The molecule has 72 valence electrons. The molecule has 0 saturated heterocycles. The van der Waals surface area contributed by atoms with Gasteiger partial charge in [-0.2, -0.15) is 4.98 Å². The Morgan fingerprint density at radius 1 is 1.38 bits per heavy atom. The van der Waals surface area contributed by atoms with Gasteiger partial charge >= 0.3 is 6.01 Å². The number of hydrogen-bond donors (Lipinski definition) is 0. The molecular formula is C9H15N3O. The molecule has 0 aliphatic heterocycles. The molecule has 0 fully saturated rings. The van der Waals surface area contributed by atoms with Crippen LogP contribution in [-0.2, 0) is 0 Å². The van der Waals surface area contributed by atoms with Gasteiger partial charge in [0, 0.05) is 6.20 Å². The van der Waals surface area contributed by atoms with Crippen LogP contribution in [-0.4, -0.2) is 21.9 Å². The van der Waals surface area contributed by atoms with E-state index in [1.165, 1.54) is 18.0 Å². The van der Waals surface area contributed by atoms with E-state index < -0.39 is 0 Å². The quantitative estimate of drug-likeness (QED) is 0.716. The van der Waals surface area contributed by atoms with E-state index in [4.69, 9.17) is 4.74 Å². The smallest absolute Gasteiger partial charge is 0.336 e. The molecule has 1 heterocycles. The summed E-state index contributed by atoms with van der Waals surface area (Å²) in [4.78, 5) is 3.96. The Hall–Kier alpha value is -1.58. The second-order valence-corrected chi connectivity index (χ2v) is 1.79. The summed E-state index contributed by atoms with van der Waals surface area (Å²) in [6.45, 7) is 11.1. The van der Waals surface area contributed by atoms with Crippen molar-refractivity contribution in [2.24, 2.45) is 0 Å². The minimum Gasteiger partial charge on any atom is -0.466 e. The van der Waals surface area contributed by atoms with Crippen LogP contribution in [0.1, 0.15) is 19.7 Å². The highest BCUT2D eigenvalue weighted by molar-refractivity contribution is 5.41. The highest BCUT2D eigenvalue weighted by Crippen LogP contribution is 2.05. The molecule has 0 atom stereocenters. The first-order chi connectivity index (χ1) is 6.31. The summed E-state index contributed by atoms with van der Waals surface area (Å²) < 4.78 is 6.29. The third-order valence-electron chi connectivity index (χ3n) is 1.18. The van der Waals surface area contributed by atoms with Gasteiger partial charge in [0.15, 0.2) is 5.82 Å². The fourth-order valence-corrected chi connectivity index (χ4v) is 0.675. The van der Waals surface area contributed by atoms with Gasteiger partial charge in [0.2, 0.25) is 0 Å². The van der Waals surface area contributed by atoms with Gasteiger partial charge in [0.1, 0.15) is 0 Å². The largest absolute Gasteiger partial charge is 0.466 e. The molecule has 1 rings (SSSR count). The highest BCUT2D eigenvalue weighted by atomic mass is 16.5. The Labute approximate surface area is 78.6 Å². The van der Waals surface area contributed by atoms with Crippen LogP contribution in [0.3, 0.4) is 0 Å². The molecule has 13 heavy (non-hydrogen) atoms. The van der Waals surface area contributed by atoms with E-state index >= 15 is 0 Å². The van der Waals surface area contributed by atoms with E-state index in [0.29, 0.717) is 11.8 Å². The molecule has 0 aliphatic rings. The van der Waals surface area contributed by atoms with Gasteiger partial charge in [0.05, 0.1) is 7.11 Å². The molecule has 1 aromatic heterocycles. The molecule has 0 aliphatic carbocycles. The van der Waals surface area contributed by atoms with Gasteiger partial charge in [-0.05, 0) is 6.08 Å². The Morgan fingerprint density at radius 2 is 2.00 bits per heavy atom. The first-order valence-corrected chi connectivity index (χ1v) is 4.07. The van der Waals surface area contributed by atoms with Crippen LogP contribution in [0.2, 0.25) is 0 Å². The molecular weight excluding hydrogens is 166 g/mol. The fourth-order valence-electron chi connectivity index (χ4n) is 0.675. The highest BCUT2D eigenvalue weighted by Gasteiger charge is 2.02. The fraction of sp³-hybridized carbons (Fsp3) is 0.333. The molecule has 4 heteroatoms. The molecule has 0 saturated carbocycles. The number of methoxy groups -OCH3 is 1. The SMILES string of the molecule is C=Cc1nc(OC)nn1C=C.CC. The van der Waals surface area contributed by atoms with Crippen LogP contribution >= 0.6 is 0 Å². The van der Waals surface area contributed by atoms with Crippen molar-refractivity contribution in [1.82, 2.24) is 14.8 Å². The summed E-state index contributed by atoms with van der Waals surface area (Å²) in [5, 5.41) is 3.91. The van der Waals surface area contributed by atoms with Crippen molar-refractivity contribution in [2.45, 2.75) is 13.8 Å². The van der Waals surface area contributed by atoms with Crippen LogP contribution in [0.4, 0.5) is 0 Å². The molecule has 4 nitrogen and oxygen atoms in total. The normalized spacial score (nSPS) is 8.23. The maximum Gasteiger partial charge on any atom is 0.336 e. The first kappa shape index (κ1) is 11.4. The zero-order valence-corrected chi connectivity index (χ0v) is 8.32. The number of rotatable bonds is 3. The standard InChI is InChI=1S/C7H9N3O.C2H6/c1-4-6-8-7(11-3)9-10(6)5-2;1-2/h4-5H,1-2H2,3H3;1-2H3. The summed E-state index contributed by atoms with van der Waals surface area (Å²) in [7, 11) is 1.51. The second kappa shape index (κ2) is 5.99. The number of ether oxygens (including phenoxy) is 1. The molecule has 0 N–H and O–H groups in total. The maximum atomic E-state index is 4.80. The second-order valence-electron chi connectivity index (χ2n) is 1.79. The Balaban J connectivity index is 0.000000671. The third kappa shape index (κ3) is 2.74. The Bertz CT molecular complexity index is 253. The predicted molar refractivity (Wildman–Crippen MR) is 54.4 cm³/mol. The van der Waals surface area contributed by atoms with E-state index in [2.05, 4.69) is 23.2 Å². The van der Waals surface area contributed by atoms with Gasteiger partial charge in [-0.25, -0.2) is 4.68 Å². The van der Waals surface area contributed by atoms with E-state index in [-0.39, 0.29) is 0 Å². The average Bonchev–Trinajstić information content (AvgIpc) is 2.63. The van der Waals surface area contributed by atoms with Gasteiger partial charge in [-0.1, -0.05) is 27.0 Å². The predicted octanol–water partition coefficient (Wildman–Crippen LogP) is 2.06.